The summed E-state index contributed by atoms with van der Waals surface area (Å²) in [6.07, 6.45) is 1.95. The van der Waals surface area contributed by atoms with Crippen LogP contribution in [0.3, 0.4) is 0 Å². The third kappa shape index (κ3) is 8.50. The maximum Gasteiger partial charge on any atom is 0 e. The number of imidazole rings is 1. The van der Waals surface area contributed by atoms with Gasteiger partial charge in [-0.1, -0.05) is 81.1 Å². The van der Waals surface area contributed by atoms with Gasteiger partial charge in [0.2, 0.25) is 5.71 Å². The van der Waals surface area contributed by atoms with Crippen LogP contribution in [0.1, 0.15) is 66.0 Å². The fourth-order valence-corrected chi connectivity index (χ4v) is 9.67. The maximum atomic E-state index is 7.35. The smallest absolute Gasteiger partial charge is 0 e. The molecule has 299 valence electrons. The Morgan fingerprint density at radius 3 is 2.12 bits per heavy atom. The molecule has 0 spiro atoms. The minimum Gasteiger partial charge on any atom is 0 e. The van der Waals surface area contributed by atoms with Gasteiger partial charge in [-0.05, 0) is 77.4 Å². The van der Waals surface area contributed by atoms with Gasteiger partial charge in [-0.2, -0.15) is 0 Å². The number of rotatable bonds is 7. The fourth-order valence-electron chi connectivity index (χ4n) is 7.50. The molecule has 4 aromatic heterocycles. The van der Waals surface area contributed by atoms with Gasteiger partial charge in [0.25, 0.3) is 0 Å². The van der Waals surface area contributed by atoms with E-state index in [4.69, 9.17) is 13.5 Å². The molecule has 5 nitrogen and oxygen atoms in total. The Bertz CT molecular complexity index is 2920. The Labute approximate surface area is 368 Å². The van der Waals surface area contributed by atoms with Crippen molar-refractivity contribution in [2.75, 3.05) is 0 Å². The molecule has 0 aliphatic heterocycles. The molecular formula is C52H50GeIrN4O-2. The van der Waals surface area contributed by atoms with E-state index < -0.39 is 20.1 Å². The molecule has 4 heterocycles. The van der Waals surface area contributed by atoms with Gasteiger partial charge in [0.15, 0.2) is 0 Å². The monoisotopic (exact) mass is 1020 g/mol. The van der Waals surface area contributed by atoms with Crippen LogP contribution in [-0.4, -0.2) is 32.8 Å². The zero-order chi connectivity index (χ0) is 43.2. The van der Waals surface area contributed by atoms with Crippen LogP contribution in [0.2, 0.25) is 17.3 Å². The van der Waals surface area contributed by atoms with Crippen LogP contribution in [0, 0.1) is 25.9 Å². The zero-order valence-corrected chi connectivity index (χ0v) is 39.3. The van der Waals surface area contributed by atoms with Crippen LogP contribution in [0.15, 0.2) is 132 Å². The molecule has 5 aromatic carbocycles. The molecule has 0 atom stereocenters. The van der Waals surface area contributed by atoms with E-state index in [1.54, 1.807) is 12.1 Å². The Hall–Kier alpha value is -5.14. The van der Waals surface area contributed by atoms with Crippen LogP contribution < -0.4 is 4.40 Å². The Morgan fingerprint density at radius 1 is 0.746 bits per heavy atom. The minimum absolute atomic E-state index is 0. The average molecular weight is 1010 g/mol. The van der Waals surface area contributed by atoms with Crippen LogP contribution >= 0.6 is 0 Å². The molecule has 0 amide bonds. The number of hydrogen-bond donors (Lipinski definition) is 0. The van der Waals surface area contributed by atoms with E-state index in [0.717, 1.165) is 55.7 Å². The molecule has 7 heteroatoms. The van der Waals surface area contributed by atoms with E-state index in [1.165, 1.54) is 38.4 Å². The molecule has 0 unspecified atom stereocenters. The van der Waals surface area contributed by atoms with Gasteiger partial charge in [-0.3, -0.25) is 4.98 Å². The molecule has 0 fully saturated rings. The minimum atomic E-state index is -2.08. The van der Waals surface area contributed by atoms with Crippen LogP contribution in [0.5, 0.6) is 0 Å². The summed E-state index contributed by atoms with van der Waals surface area (Å²) < 4.78 is 32.2. The number of fused-ring (bicyclic) bond motifs is 4. The van der Waals surface area contributed by atoms with Crippen molar-refractivity contribution in [3.63, 3.8) is 0 Å². The first kappa shape index (κ1) is 38.1. The van der Waals surface area contributed by atoms with Gasteiger partial charge in [-0.15, -0.1) is 18.2 Å². The number of benzene rings is 5. The first-order valence-electron chi connectivity index (χ1n) is 21.5. The average Bonchev–Trinajstić information content (AvgIpc) is 3.81. The summed E-state index contributed by atoms with van der Waals surface area (Å²) >= 11 is -1.83. The summed E-state index contributed by atoms with van der Waals surface area (Å²) in [5, 5.41) is 2.02. The van der Waals surface area contributed by atoms with Crippen molar-refractivity contribution in [3.8, 4) is 39.5 Å². The summed E-state index contributed by atoms with van der Waals surface area (Å²) in [5.41, 5.74) is 13.4. The van der Waals surface area contributed by atoms with Gasteiger partial charge < -0.3 is 8.98 Å². The van der Waals surface area contributed by atoms with Crippen molar-refractivity contribution >= 4 is 50.8 Å². The third-order valence-corrected chi connectivity index (χ3v) is 14.9. The van der Waals surface area contributed by atoms with Crippen molar-refractivity contribution in [1.82, 2.24) is 19.5 Å². The van der Waals surface area contributed by atoms with Gasteiger partial charge in [-0.25, -0.2) is 4.98 Å². The summed E-state index contributed by atoms with van der Waals surface area (Å²) in [7, 11) is 0. The summed E-state index contributed by atoms with van der Waals surface area (Å²) in [6, 6.07) is 47.5. The molecule has 9 rings (SSSR count). The molecule has 9 aromatic rings. The number of nitrogens with zero attached hydrogens (tertiary/aromatic N) is 4. The second kappa shape index (κ2) is 17.2. The number of aromatic nitrogens is 4. The molecule has 0 aliphatic rings. The molecule has 0 aliphatic carbocycles. The quantitative estimate of drug-likeness (QED) is 0.118. The van der Waals surface area contributed by atoms with Gasteiger partial charge in [0.1, 0.15) is 0 Å². The molecule has 0 bridgehead atoms. The predicted octanol–water partition coefficient (Wildman–Crippen LogP) is 13.4. The van der Waals surface area contributed by atoms with Crippen molar-refractivity contribution in [2.24, 2.45) is 0 Å². The maximum absolute atomic E-state index is 7.35. The van der Waals surface area contributed by atoms with Crippen molar-refractivity contribution in [2.45, 2.75) is 70.6 Å². The summed E-state index contributed by atoms with van der Waals surface area (Å²) in [4.78, 5) is 14.4. The van der Waals surface area contributed by atoms with Crippen molar-refractivity contribution in [1.29, 1.82) is 0 Å². The van der Waals surface area contributed by atoms with Crippen LogP contribution in [0.4, 0.5) is 0 Å². The Morgan fingerprint density at radius 2 is 1.47 bits per heavy atom. The van der Waals surface area contributed by atoms with E-state index in [9.17, 15) is 0 Å². The fraction of sp³-hybridized carbons (Fsp3) is 0.212. The Balaban J connectivity index is 0.000000233. The predicted molar refractivity (Wildman–Crippen MR) is 245 cm³/mol. The van der Waals surface area contributed by atoms with Crippen molar-refractivity contribution < 1.29 is 28.6 Å². The number of furan rings is 1. The van der Waals surface area contributed by atoms with Gasteiger partial charge >= 0.3 is 110 Å². The molecule has 59 heavy (non-hydrogen) atoms. The molecule has 0 saturated carbocycles. The summed E-state index contributed by atoms with van der Waals surface area (Å²) in [6.45, 7) is 9.01. The van der Waals surface area contributed by atoms with E-state index in [1.807, 2.05) is 37.4 Å². The van der Waals surface area contributed by atoms with E-state index in [0.29, 0.717) is 23.1 Å². The number of aryl methyl sites for hydroxylation is 2. The van der Waals surface area contributed by atoms with E-state index >= 15 is 0 Å². The third-order valence-electron chi connectivity index (χ3n) is 10.7. The number of hydrogen-bond acceptors (Lipinski definition) is 4. The largest absolute Gasteiger partial charge is 0 e. The number of para-hydroxylation sites is 2. The van der Waals surface area contributed by atoms with E-state index in [-0.39, 0.29) is 20.1 Å². The normalized spacial score (nSPS) is 12.6. The molecule has 0 saturated heterocycles. The second-order valence-electron chi connectivity index (χ2n) is 16.6. The van der Waals surface area contributed by atoms with Crippen LogP contribution in [-0.2, 0) is 20.1 Å². The first-order valence-corrected chi connectivity index (χ1v) is 27.3. The Kier molecular flexibility index (Phi) is 11.1. The van der Waals surface area contributed by atoms with Gasteiger partial charge in [0.05, 0.1) is 22.4 Å². The SMILES string of the molecule is Cc1ccc2c(n1)oc1c(-c3nc4ccccc4n3-c3c(C(C)C)cc(-c4ccccc4)cc3C(C)C)[c-]ccc12.[2H]C([2H])([2H])c1c[c-]c(-c2cc[c]([Ge]([CH3])([CH3])[CH3])cn2)cc1.[Ir]. The first-order chi connectivity index (χ1) is 29.1. The standard InChI is InChI=1S/C37H32N3O.C15H18GeN.Ir/c1-22(2)30-20-26(25-12-7-6-8-13-25)21-31(23(3)4)34(30)40-33-17-10-9-16-32(33)39-36(40)29-15-11-14-27-28-19-18-24(5)38-37(28)41-35(27)29;1-12-5-7-13(8-6-12)15-10-9-14(11-17-15)16(2,3)4;/h6-14,16-23H,1-5H3;5-7,9-11H,1-4H3;/q2*-1;/i;1D3;. The second-order valence-corrected chi connectivity index (χ2v) is 27.3. The zero-order valence-electron chi connectivity index (χ0n) is 37.8. The number of pyridine rings is 2. The summed E-state index contributed by atoms with van der Waals surface area (Å²) in [5.74, 6) is 8.39. The van der Waals surface area contributed by atoms with E-state index in [2.05, 4.69) is 150 Å². The van der Waals surface area contributed by atoms with Crippen LogP contribution in [0.25, 0.3) is 72.6 Å². The molecule has 0 N–H and O–H groups in total. The topological polar surface area (TPSA) is 56.7 Å². The van der Waals surface area contributed by atoms with Crippen molar-refractivity contribution in [3.05, 3.63) is 162 Å². The van der Waals surface area contributed by atoms with Gasteiger partial charge in [0, 0.05) is 36.9 Å². The molecular weight excluding hydrogens is 961 g/mol. The molecule has 1 radical (unpaired) electrons.